The van der Waals surface area contributed by atoms with Crippen LogP contribution in [-0.4, -0.2) is 10.2 Å². The largest absolute Gasteiger partial charge is 0.382 e. The molecule has 0 aliphatic rings. The van der Waals surface area contributed by atoms with Crippen molar-refractivity contribution in [3.63, 3.8) is 0 Å². The van der Waals surface area contributed by atoms with Crippen molar-refractivity contribution in [3.8, 4) is 11.3 Å². The van der Waals surface area contributed by atoms with Crippen LogP contribution in [0, 0.1) is 0 Å². The van der Waals surface area contributed by atoms with E-state index in [2.05, 4.69) is 44.5 Å². The van der Waals surface area contributed by atoms with E-state index in [9.17, 15) is 0 Å². The molecule has 0 aliphatic carbocycles. The van der Waals surface area contributed by atoms with Gasteiger partial charge in [-0.2, -0.15) is 5.10 Å². The molecule has 2 heterocycles. The first-order chi connectivity index (χ1) is 6.72. The predicted octanol–water partition coefficient (Wildman–Crippen LogP) is 3.05. The van der Waals surface area contributed by atoms with E-state index in [1.165, 1.54) is 0 Å². The Morgan fingerprint density at radius 3 is 3.00 bits per heavy atom. The summed E-state index contributed by atoms with van der Waals surface area (Å²) in [5, 5.41) is 9.06. The Labute approximate surface area is 94.5 Å². The first-order valence-electron chi connectivity index (χ1n) is 4.29. The fourth-order valence-electron chi connectivity index (χ4n) is 1.42. The van der Waals surface area contributed by atoms with E-state index in [1.807, 2.05) is 0 Å². The zero-order valence-electron chi connectivity index (χ0n) is 7.67. The summed E-state index contributed by atoms with van der Waals surface area (Å²) in [4.78, 5) is 0. The molecular formula is C9H10BrN3S. The number of rotatable bonds is 2. The second kappa shape index (κ2) is 3.74. The van der Waals surface area contributed by atoms with E-state index in [-0.39, 0.29) is 0 Å². The van der Waals surface area contributed by atoms with Gasteiger partial charge in [-0.3, -0.25) is 5.10 Å². The molecule has 0 spiro atoms. The molecule has 0 aromatic carbocycles. The third-order valence-corrected chi connectivity index (χ3v) is 3.61. The van der Waals surface area contributed by atoms with Crippen LogP contribution in [0.15, 0.2) is 15.2 Å². The maximum absolute atomic E-state index is 5.75. The topological polar surface area (TPSA) is 54.7 Å². The highest BCUT2D eigenvalue weighted by Crippen LogP contribution is 2.31. The normalized spacial score (nSPS) is 10.7. The Bertz CT molecular complexity index is 447. The van der Waals surface area contributed by atoms with Crippen molar-refractivity contribution in [2.24, 2.45) is 0 Å². The van der Waals surface area contributed by atoms with Gasteiger partial charge in [0.1, 0.15) is 5.82 Å². The summed E-state index contributed by atoms with van der Waals surface area (Å²) in [6, 6.07) is 2.07. The lowest BCUT2D eigenvalue weighted by Crippen LogP contribution is -1.90. The molecule has 2 rings (SSSR count). The molecule has 0 radical (unpaired) electrons. The number of hydrogen-bond acceptors (Lipinski definition) is 3. The van der Waals surface area contributed by atoms with E-state index < -0.39 is 0 Å². The molecular weight excluding hydrogens is 262 g/mol. The van der Waals surface area contributed by atoms with Crippen molar-refractivity contribution >= 4 is 33.1 Å². The van der Waals surface area contributed by atoms with Gasteiger partial charge in [0.05, 0.1) is 9.48 Å². The highest BCUT2D eigenvalue weighted by Gasteiger charge is 2.11. The molecule has 3 N–H and O–H groups in total. The summed E-state index contributed by atoms with van der Waals surface area (Å²) < 4.78 is 1.11. The number of H-pyrrole nitrogens is 1. The number of aromatic amines is 1. The third-order valence-electron chi connectivity index (χ3n) is 2.11. The molecule has 3 nitrogen and oxygen atoms in total. The lowest BCUT2D eigenvalue weighted by atomic mass is 10.1. The van der Waals surface area contributed by atoms with Crippen LogP contribution in [0.4, 0.5) is 5.82 Å². The molecule has 5 heteroatoms. The Morgan fingerprint density at radius 2 is 2.43 bits per heavy atom. The smallest absolute Gasteiger partial charge is 0.149 e. The minimum atomic E-state index is 0.602. The molecule has 0 saturated heterocycles. The fourth-order valence-corrected chi connectivity index (χ4v) is 2.56. The van der Waals surface area contributed by atoms with Gasteiger partial charge in [-0.05, 0) is 28.4 Å². The summed E-state index contributed by atoms with van der Waals surface area (Å²) in [5.74, 6) is 0.602. The Kier molecular flexibility index (Phi) is 2.60. The summed E-state index contributed by atoms with van der Waals surface area (Å²) in [7, 11) is 0. The van der Waals surface area contributed by atoms with Gasteiger partial charge in [0.15, 0.2) is 0 Å². The fraction of sp³-hybridized carbons (Fsp3) is 0.222. The number of nitrogens with one attached hydrogen (secondary N) is 1. The van der Waals surface area contributed by atoms with E-state index >= 15 is 0 Å². The second-order valence-electron chi connectivity index (χ2n) is 2.96. The number of hydrogen-bond donors (Lipinski definition) is 2. The Morgan fingerprint density at radius 1 is 1.64 bits per heavy atom. The monoisotopic (exact) mass is 271 g/mol. The van der Waals surface area contributed by atoms with Crippen molar-refractivity contribution in [1.29, 1.82) is 0 Å². The zero-order valence-corrected chi connectivity index (χ0v) is 10.1. The number of anilines is 1. The minimum absolute atomic E-state index is 0.602. The molecule has 74 valence electrons. The van der Waals surface area contributed by atoms with Crippen molar-refractivity contribution in [2.45, 2.75) is 13.3 Å². The highest BCUT2D eigenvalue weighted by atomic mass is 79.9. The summed E-state index contributed by atoms with van der Waals surface area (Å²) >= 11 is 5.09. The average molecular weight is 272 g/mol. The van der Waals surface area contributed by atoms with Crippen LogP contribution in [0.3, 0.4) is 0 Å². The summed E-state index contributed by atoms with van der Waals surface area (Å²) in [5.41, 5.74) is 9.01. The van der Waals surface area contributed by atoms with E-state index in [4.69, 9.17) is 5.73 Å². The van der Waals surface area contributed by atoms with Crippen molar-refractivity contribution < 1.29 is 0 Å². The SMILES string of the molecule is CCc1c(N)n[nH]c1-c1csc(Br)c1. The second-order valence-corrected chi connectivity index (χ2v) is 5.25. The molecule has 2 aromatic heterocycles. The lowest BCUT2D eigenvalue weighted by molar-refractivity contribution is 1.10. The average Bonchev–Trinajstić information content (AvgIpc) is 2.71. The maximum Gasteiger partial charge on any atom is 0.149 e. The predicted molar refractivity (Wildman–Crippen MR) is 63.4 cm³/mol. The van der Waals surface area contributed by atoms with E-state index in [0.717, 1.165) is 27.0 Å². The maximum atomic E-state index is 5.75. The number of nitrogens with two attached hydrogens (primary N) is 1. The number of nitrogens with zero attached hydrogens (tertiary/aromatic N) is 1. The van der Waals surface area contributed by atoms with Gasteiger partial charge in [-0.15, -0.1) is 11.3 Å². The van der Waals surface area contributed by atoms with Crippen LogP contribution in [0.2, 0.25) is 0 Å². The van der Waals surface area contributed by atoms with Crippen LogP contribution in [0.5, 0.6) is 0 Å². The van der Waals surface area contributed by atoms with E-state index in [1.54, 1.807) is 11.3 Å². The van der Waals surface area contributed by atoms with E-state index in [0.29, 0.717) is 5.82 Å². The molecule has 0 aliphatic heterocycles. The van der Waals surface area contributed by atoms with Gasteiger partial charge in [0.25, 0.3) is 0 Å². The standard InChI is InChI=1S/C9H10BrN3S/c1-2-6-8(12-13-9(6)11)5-3-7(10)14-4-5/h3-4H,2H2,1H3,(H3,11,12,13). The molecule has 2 aromatic rings. The van der Waals surface area contributed by atoms with Crippen molar-refractivity contribution in [2.75, 3.05) is 5.73 Å². The van der Waals surface area contributed by atoms with Gasteiger partial charge in [0.2, 0.25) is 0 Å². The quantitative estimate of drug-likeness (QED) is 0.882. The number of thiophene rings is 1. The van der Waals surface area contributed by atoms with Gasteiger partial charge in [0, 0.05) is 16.5 Å². The van der Waals surface area contributed by atoms with Gasteiger partial charge < -0.3 is 5.73 Å². The lowest BCUT2D eigenvalue weighted by Gasteiger charge is -1.97. The molecule has 14 heavy (non-hydrogen) atoms. The zero-order chi connectivity index (χ0) is 10.1. The van der Waals surface area contributed by atoms with Crippen LogP contribution >= 0.6 is 27.3 Å². The third kappa shape index (κ3) is 1.57. The van der Waals surface area contributed by atoms with Crippen LogP contribution in [0.25, 0.3) is 11.3 Å². The molecule has 0 atom stereocenters. The summed E-state index contributed by atoms with van der Waals surface area (Å²) in [6.45, 7) is 2.08. The molecule has 0 saturated carbocycles. The van der Waals surface area contributed by atoms with Crippen LogP contribution in [-0.2, 0) is 6.42 Å². The van der Waals surface area contributed by atoms with Gasteiger partial charge in [-0.1, -0.05) is 6.92 Å². The van der Waals surface area contributed by atoms with Gasteiger partial charge >= 0.3 is 0 Å². The first kappa shape index (κ1) is 9.73. The van der Waals surface area contributed by atoms with Crippen molar-refractivity contribution in [3.05, 3.63) is 20.8 Å². The first-order valence-corrected chi connectivity index (χ1v) is 5.96. The van der Waals surface area contributed by atoms with Crippen LogP contribution in [0.1, 0.15) is 12.5 Å². The summed E-state index contributed by atoms with van der Waals surface area (Å²) in [6.07, 6.45) is 0.894. The minimum Gasteiger partial charge on any atom is -0.382 e. The Hall–Kier alpha value is -0.810. The Balaban J connectivity index is 2.51. The number of halogens is 1. The number of nitrogen functional groups attached to an aromatic ring is 1. The van der Waals surface area contributed by atoms with Gasteiger partial charge in [-0.25, -0.2) is 0 Å². The molecule has 0 amide bonds. The molecule has 0 unspecified atom stereocenters. The highest BCUT2D eigenvalue weighted by molar-refractivity contribution is 9.11. The molecule has 0 fully saturated rings. The van der Waals surface area contributed by atoms with Crippen LogP contribution < -0.4 is 5.73 Å². The molecule has 0 bridgehead atoms. The number of aromatic nitrogens is 2. The van der Waals surface area contributed by atoms with Crippen molar-refractivity contribution in [1.82, 2.24) is 10.2 Å².